The van der Waals surface area contributed by atoms with Gasteiger partial charge in [0.1, 0.15) is 11.3 Å². The molecule has 0 aliphatic heterocycles. The molecule has 0 spiro atoms. The monoisotopic (exact) mass is 291 g/mol. The molecule has 4 heteroatoms. The molecule has 0 aromatic carbocycles. The molecule has 2 aromatic rings. The summed E-state index contributed by atoms with van der Waals surface area (Å²) in [6.07, 6.45) is 8.08. The molecule has 0 saturated heterocycles. The van der Waals surface area contributed by atoms with E-state index in [0.29, 0.717) is 11.9 Å². The van der Waals surface area contributed by atoms with Gasteiger partial charge in [-0.1, -0.05) is 12.8 Å². The molecule has 108 valence electrons. The largest absolute Gasteiger partial charge is 0.310 e. The minimum absolute atomic E-state index is 0.468. The molecule has 3 rings (SSSR count). The first-order valence-corrected chi connectivity index (χ1v) is 8.14. The van der Waals surface area contributed by atoms with Gasteiger partial charge >= 0.3 is 0 Å². The minimum atomic E-state index is 0.468. The number of aryl methyl sites for hydroxylation is 2. The van der Waals surface area contributed by atoms with Gasteiger partial charge in [-0.15, -0.1) is 11.6 Å². The Labute approximate surface area is 125 Å². The van der Waals surface area contributed by atoms with Crippen molar-refractivity contribution in [2.45, 2.75) is 52.0 Å². The fourth-order valence-electron chi connectivity index (χ4n) is 3.50. The SMILES string of the molecule is Cc1ccnc2c1nc(CCCl)n2C(C)C1CCCC1. The van der Waals surface area contributed by atoms with E-state index < -0.39 is 0 Å². The maximum Gasteiger partial charge on any atom is 0.160 e. The Hall–Kier alpha value is -1.09. The topological polar surface area (TPSA) is 30.7 Å². The molecule has 1 fully saturated rings. The lowest BCUT2D eigenvalue weighted by molar-refractivity contribution is 0.359. The number of hydrogen-bond donors (Lipinski definition) is 0. The summed E-state index contributed by atoms with van der Waals surface area (Å²) < 4.78 is 2.35. The maximum absolute atomic E-state index is 5.97. The Balaban J connectivity index is 2.10. The number of alkyl halides is 1. The van der Waals surface area contributed by atoms with Crippen molar-refractivity contribution in [1.82, 2.24) is 14.5 Å². The van der Waals surface area contributed by atoms with Crippen molar-refractivity contribution in [2.75, 3.05) is 5.88 Å². The summed E-state index contributed by atoms with van der Waals surface area (Å²) in [7, 11) is 0. The quantitative estimate of drug-likeness (QED) is 0.788. The van der Waals surface area contributed by atoms with E-state index in [2.05, 4.69) is 23.4 Å². The standard InChI is InChI=1S/C16H22ClN3/c1-11-8-10-18-16-15(11)19-14(7-9-17)20(16)12(2)13-5-3-4-6-13/h8,10,12-13H,3-7,9H2,1-2H3. The van der Waals surface area contributed by atoms with Crippen LogP contribution in [0.4, 0.5) is 0 Å². The number of halogens is 1. The van der Waals surface area contributed by atoms with Gasteiger partial charge in [0.15, 0.2) is 5.65 Å². The van der Waals surface area contributed by atoms with Crippen molar-refractivity contribution in [3.63, 3.8) is 0 Å². The number of imidazole rings is 1. The van der Waals surface area contributed by atoms with Crippen molar-refractivity contribution in [3.05, 3.63) is 23.7 Å². The van der Waals surface area contributed by atoms with Gasteiger partial charge in [-0.25, -0.2) is 9.97 Å². The van der Waals surface area contributed by atoms with Crippen LogP contribution in [0.1, 0.15) is 50.0 Å². The minimum Gasteiger partial charge on any atom is -0.310 e. The average Bonchev–Trinajstić information content (AvgIpc) is 3.06. The Bertz CT molecular complexity index is 599. The van der Waals surface area contributed by atoms with Crippen LogP contribution in [0, 0.1) is 12.8 Å². The Kier molecular flexibility index (Phi) is 3.97. The third-order valence-corrected chi connectivity index (χ3v) is 4.85. The van der Waals surface area contributed by atoms with E-state index in [1.54, 1.807) is 0 Å². The molecule has 0 bridgehead atoms. The lowest BCUT2D eigenvalue weighted by atomic mass is 9.99. The Morgan fingerprint density at radius 2 is 2.15 bits per heavy atom. The van der Waals surface area contributed by atoms with E-state index in [1.165, 1.54) is 31.2 Å². The van der Waals surface area contributed by atoms with Crippen LogP contribution in [0.2, 0.25) is 0 Å². The van der Waals surface area contributed by atoms with Crippen molar-refractivity contribution in [3.8, 4) is 0 Å². The summed E-state index contributed by atoms with van der Waals surface area (Å²) in [5.74, 6) is 2.46. The van der Waals surface area contributed by atoms with Gasteiger partial charge in [0.2, 0.25) is 0 Å². The zero-order chi connectivity index (χ0) is 14.1. The van der Waals surface area contributed by atoms with Crippen LogP contribution in [0.25, 0.3) is 11.2 Å². The Morgan fingerprint density at radius 1 is 1.40 bits per heavy atom. The molecule has 1 atom stereocenters. The summed E-state index contributed by atoms with van der Waals surface area (Å²) >= 11 is 5.97. The fourth-order valence-corrected chi connectivity index (χ4v) is 3.66. The van der Waals surface area contributed by atoms with E-state index in [0.717, 1.165) is 29.3 Å². The first kappa shape index (κ1) is 13.9. The summed E-state index contributed by atoms with van der Waals surface area (Å²) in [4.78, 5) is 9.41. The number of nitrogens with zero attached hydrogens (tertiary/aromatic N) is 3. The van der Waals surface area contributed by atoms with E-state index in [-0.39, 0.29) is 0 Å². The first-order chi connectivity index (χ1) is 9.72. The molecule has 1 aliphatic carbocycles. The summed E-state index contributed by atoms with van der Waals surface area (Å²) in [6, 6.07) is 2.50. The smallest absolute Gasteiger partial charge is 0.160 e. The van der Waals surface area contributed by atoms with Crippen LogP contribution in [-0.2, 0) is 6.42 Å². The third kappa shape index (κ3) is 2.32. The highest BCUT2D eigenvalue weighted by Gasteiger charge is 2.26. The summed E-state index contributed by atoms with van der Waals surface area (Å²) in [5, 5.41) is 0. The van der Waals surface area contributed by atoms with Gasteiger partial charge in [0.05, 0.1) is 0 Å². The number of aromatic nitrogens is 3. The zero-order valence-corrected chi connectivity index (χ0v) is 13.0. The van der Waals surface area contributed by atoms with Gasteiger partial charge < -0.3 is 4.57 Å². The molecule has 3 nitrogen and oxygen atoms in total. The van der Waals surface area contributed by atoms with Crippen LogP contribution in [0.15, 0.2) is 12.3 Å². The Morgan fingerprint density at radius 3 is 2.85 bits per heavy atom. The van der Waals surface area contributed by atoms with E-state index in [9.17, 15) is 0 Å². The third-order valence-electron chi connectivity index (χ3n) is 4.66. The molecule has 2 heterocycles. The molecule has 0 amide bonds. The molecule has 0 N–H and O–H groups in total. The maximum atomic E-state index is 5.97. The zero-order valence-electron chi connectivity index (χ0n) is 12.3. The van der Waals surface area contributed by atoms with E-state index in [4.69, 9.17) is 16.6 Å². The second-order valence-corrected chi connectivity index (χ2v) is 6.30. The summed E-state index contributed by atoms with van der Waals surface area (Å²) in [5.41, 5.74) is 3.27. The lowest BCUT2D eigenvalue weighted by Gasteiger charge is -2.23. The molecule has 1 unspecified atom stereocenters. The number of rotatable bonds is 4. The van der Waals surface area contributed by atoms with Gasteiger partial charge in [-0.3, -0.25) is 0 Å². The van der Waals surface area contributed by atoms with Crippen LogP contribution < -0.4 is 0 Å². The number of pyridine rings is 1. The molecule has 1 aliphatic rings. The van der Waals surface area contributed by atoms with Crippen LogP contribution in [-0.4, -0.2) is 20.4 Å². The predicted molar refractivity (Wildman–Crippen MR) is 83.4 cm³/mol. The van der Waals surface area contributed by atoms with Crippen molar-refractivity contribution >= 4 is 22.8 Å². The molecule has 20 heavy (non-hydrogen) atoms. The normalized spacial score (nSPS) is 17.9. The second-order valence-electron chi connectivity index (χ2n) is 5.92. The summed E-state index contributed by atoms with van der Waals surface area (Å²) in [6.45, 7) is 4.42. The van der Waals surface area contributed by atoms with Crippen molar-refractivity contribution in [2.24, 2.45) is 5.92 Å². The van der Waals surface area contributed by atoms with Crippen LogP contribution in [0.3, 0.4) is 0 Å². The average molecular weight is 292 g/mol. The highest BCUT2D eigenvalue weighted by atomic mass is 35.5. The van der Waals surface area contributed by atoms with Gasteiger partial charge in [0.25, 0.3) is 0 Å². The van der Waals surface area contributed by atoms with Crippen LogP contribution >= 0.6 is 11.6 Å². The van der Waals surface area contributed by atoms with E-state index in [1.807, 2.05) is 12.3 Å². The van der Waals surface area contributed by atoms with Gasteiger partial charge in [-0.2, -0.15) is 0 Å². The first-order valence-electron chi connectivity index (χ1n) is 7.60. The van der Waals surface area contributed by atoms with Gasteiger partial charge in [0, 0.05) is 24.5 Å². The molecular formula is C16H22ClN3. The molecule has 1 saturated carbocycles. The van der Waals surface area contributed by atoms with Crippen molar-refractivity contribution < 1.29 is 0 Å². The second kappa shape index (κ2) is 5.72. The molecule has 2 aromatic heterocycles. The lowest BCUT2D eigenvalue weighted by Crippen LogP contribution is -2.17. The highest BCUT2D eigenvalue weighted by Crippen LogP contribution is 2.36. The van der Waals surface area contributed by atoms with E-state index >= 15 is 0 Å². The highest BCUT2D eigenvalue weighted by molar-refractivity contribution is 6.17. The van der Waals surface area contributed by atoms with Crippen LogP contribution in [0.5, 0.6) is 0 Å². The number of fused-ring (bicyclic) bond motifs is 1. The predicted octanol–water partition coefficient (Wildman–Crippen LogP) is 4.27. The van der Waals surface area contributed by atoms with Crippen molar-refractivity contribution in [1.29, 1.82) is 0 Å². The fraction of sp³-hybridized carbons (Fsp3) is 0.625. The van der Waals surface area contributed by atoms with Gasteiger partial charge in [-0.05, 0) is 44.2 Å². The number of hydrogen-bond acceptors (Lipinski definition) is 2. The molecular weight excluding hydrogens is 270 g/mol. The molecule has 0 radical (unpaired) electrons.